The van der Waals surface area contributed by atoms with E-state index in [1.807, 2.05) is 56.3 Å². The normalized spacial score (nSPS) is 15.6. The molecule has 1 aliphatic rings. The van der Waals surface area contributed by atoms with Crippen molar-refractivity contribution in [1.82, 2.24) is 0 Å². The zero-order chi connectivity index (χ0) is 26.5. The van der Waals surface area contributed by atoms with Crippen molar-refractivity contribution < 1.29 is 58.8 Å². The van der Waals surface area contributed by atoms with E-state index in [-0.39, 0.29) is 48.7 Å². The van der Waals surface area contributed by atoms with Gasteiger partial charge >= 0.3 is 29.6 Å². The molecule has 3 aromatic carbocycles. The molecule has 0 bridgehead atoms. The summed E-state index contributed by atoms with van der Waals surface area (Å²) >= 11 is 0.976. The molecule has 0 spiro atoms. The summed E-state index contributed by atoms with van der Waals surface area (Å²) in [4.78, 5) is 23.1. The van der Waals surface area contributed by atoms with Crippen molar-refractivity contribution in [2.24, 2.45) is 0 Å². The van der Waals surface area contributed by atoms with Crippen LogP contribution in [-0.4, -0.2) is 45.9 Å². The monoisotopic (exact) mass is 543 g/mol. The number of rotatable bonds is 10. The summed E-state index contributed by atoms with van der Waals surface area (Å²) in [6.07, 6.45) is -0.447. The second kappa shape index (κ2) is 13.6. The first-order valence-corrected chi connectivity index (χ1v) is 12.9. The smallest absolute Gasteiger partial charge is 0.585 e. The Kier molecular flexibility index (Phi) is 10.8. The van der Waals surface area contributed by atoms with Gasteiger partial charge in [0.15, 0.2) is 0 Å². The third-order valence-corrected chi connectivity index (χ3v) is 7.28. The summed E-state index contributed by atoms with van der Waals surface area (Å²) < 4.78 is 11.7. The van der Waals surface area contributed by atoms with Gasteiger partial charge in [0, 0.05) is 0 Å². The third kappa shape index (κ3) is 7.40. The Labute approximate surface area is 249 Å². The van der Waals surface area contributed by atoms with Crippen LogP contribution >= 0.6 is 11.8 Å². The number of aryl methyl sites for hydroxylation is 2. The molecule has 2 amide bonds. The van der Waals surface area contributed by atoms with Crippen LogP contribution in [-0.2, 0) is 17.8 Å². The Bertz CT molecular complexity index is 1270. The minimum absolute atomic E-state index is 0. The molecule has 1 heterocycles. The van der Waals surface area contributed by atoms with E-state index in [1.54, 1.807) is 0 Å². The number of imide groups is 1. The minimum atomic E-state index is -0.910. The number of hydrogen-bond acceptors (Lipinski definition) is 7. The molecule has 2 atom stereocenters. The van der Waals surface area contributed by atoms with Crippen molar-refractivity contribution >= 4 is 22.9 Å². The molecule has 194 valence electrons. The SMILES string of the molecule is Cc1cc(OC[C@H](O)CO)cc(C)c1-c1cccc(COc2ccc(CC3SC(=O)[N-]C3=O)cc2)c1C.[Na+]. The van der Waals surface area contributed by atoms with Crippen LogP contribution in [0.3, 0.4) is 0 Å². The molecule has 0 radical (unpaired) electrons. The van der Waals surface area contributed by atoms with Gasteiger partial charge in [0.1, 0.15) is 36.1 Å². The van der Waals surface area contributed by atoms with Gasteiger partial charge in [0.05, 0.1) is 17.8 Å². The zero-order valence-electron chi connectivity index (χ0n) is 22.1. The van der Waals surface area contributed by atoms with Gasteiger partial charge in [-0.3, -0.25) is 0 Å². The molecule has 2 N–H and O–H groups in total. The topological polar surface area (TPSA) is 107 Å². The molecule has 3 aromatic rings. The minimum Gasteiger partial charge on any atom is -0.585 e. The van der Waals surface area contributed by atoms with Gasteiger partial charge in [-0.2, -0.15) is 0 Å². The molecule has 7 nitrogen and oxygen atoms in total. The van der Waals surface area contributed by atoms with Crippen LogP contribution in [0.4, 0.5) is 4.79 Å². The second-order valence-corrected chi connectivity index (χ2v) is 10.3. The van der Waals surface area contributed by atoms with Gasteiger partial charge in [0.2, 0.25) is 0 Å². The fourth-order valence-electron chi connectivity index (χ4n) is 4.37. The maximum Gasteiger partial charge on any atom is 1.00 e. The van der Waals surface area contributed by atoms with Crippen molar-refractivity contribution in [3.63, 3.8) is 0 Å². The molecule has 0 aliphatic carbocycles. The molecule has 38 heavy (non-hydrogen) atoms. The maximum absolute atomic E-state index is 11.7. The van der Waals surface area contributed by atoms with Gasteiger partial charge in [-0.25, -0.2) is 0 Å². The Hall–Kier alpha value is -2.33. The van der Waals surface area contributed by atoms with Crippen LogP contribution in [0.1, 0.15) is 27.8 Å². The fraction of sp³-hybridized carbons (Fsp3) is 0.310. The van der Waals surface area contributed by atoms with E-state index in [0.717, 1.165) is 56.5 Å². The zero-order valence-corrected chi connectivity index (χ0v) is 24.9. The number of nitrogens with zero attached hydrogens (tertiary/aromatic N) is 1. The summed E-state index contributed by atoms with van der Waals surface area (Å²) in [6.45, 7) is 6.25. The van der Waals surface area contributed by atoms with E-state index in [1.165, 1.54) is 0 Å². The first-order valence-electron chi connectivity index (χ1n) is 12.0. The van der Waals surface area contributed by atoms with Crippen LogP contribution < -0.4 is 39.0 Å². The number of aliphatic hydroxyl groups excluding tert-OH is 2. The summed E-state index contributed by atoms with van der Waals surface area (Å²) in [6, 6.07) is 17.6. The molecule has 0 saturated carbocycles. The Morgan fingerprint density at radius 2 is 1.66 bits per heavy atom. The van der Waals surface area contributed by atoms with E-state index >= 15 is 0 Å². The van der Waals surface area contributed by atoms with Crippen molar-refractivity contribution in [3.05, 3.63) is 87.7 Å². The first kappa shape index (κ1) is 30.2. The number of thioether (sulfide) groups is 1. The van der Waals surface area contributed by atoms with Gasteiger partial charge in [-0.15, -0.1) is 0 Å². The quantitative estimate of drug-likeness (QED) is 0.378. The number of ether oxygens (including phenoxy) is 2. The number of aliphatic hydroxyl groups is 2. The number of amides is 2. The molecule has 1 fully saturated rings. The van der Waals surface area contributed by atoms with Crippen molar-refractivity contribution in [3.8, 4) is 22.6 Å². The van der Waals surface area contributed by atoms with Crippen LogP contribution in [0.2, 0.25) is 0 Å². The number of carbonyl (C=O) groups is 2. The second-order valence-electron chi connectivity index (χ2n) is 9.13. The van der Waals surface area contributed by atoms with E-state index in [0.29, 0.717) is 18.8 Å². The van der Waals surface area contributed by atoms with E-state index < -0.39 is 16.6 Å². The molecular weight excluding hydrogens is 513 g/mol. The van der Waals surface area contributed by atoms with Crippen molar-refractivity contribution in [2.45, 2.75) is 45.2 Å². The van der Waals surface area contributed by atoms with Crippen LogP contribution in [0.15, 0.2) is 54.6 Å². The summed E-state index contributed by atoms with van der Waals surface area (Å²) in [5.41, 5.74) is 7.50. The fourth-order valence-corrected chi connectivity index (χ4v) is 5.19. The number of benzene rings is 3. The van der Waals surface area contributed by atoms with Crippen molar-refractivity contribution in [1.29, 1.82) is 0 Å². The van der Waals surface area contributed by atoms with Crippen LogP contribution in [0.5, 0.6) is 11.5 Å². The molecule has 4 rings (SSSR count). The average Bonchev–Trinajstić information content (AvgIpc) is 3.19. The number of hydrogen-bond donors (Lipinski definition) is 2. The van der Waals surface area contributed by atoms with Crippen LogP contribution in [0, 0.1) is 20.8 Å². The predicted octanol–water partition coefficient (Wildman–Crippen LogP) is 2.27. The van der Waals surface area contributed by atoms with E-state index in [2.05, 4.69) is 24.4 Å². The molecule has 9 heteroatoms. The van der Waals surface area contributed by atoms with Gasteiger partial charge in [-0.05, 0) is 90.4 Å². The Balaban J connectivity index is 0.00000400. The van der Waals surface area contributed by atoms with E-state index in [9.17, 15) is 14.7 Å². The summed E-state index contributed by atoms with van der Waals surface area (Å²) in [7, 11) is 0. The predicted molar refractivity (Wildman–Crippen MR) is 144 cm³/mol. The average molecular weight is 544 g/mol. The Morgan fingerprint density at radius 3 is 2.26 bits per heavy atom. The third-order valence-electron chi connectivity index (χ3n) is 6.33. The standard InChI is InChI=1S/C29H31NO6S.Na/c1-17-11-24(36-16-22(32)14-31)12-18(2)27(17)25-6-4-5-21(19(25)3)15-35-23-9-7-20(8-10-23)13-26-28(33)30-29(34)37-26;/h4-12,22,26,31-32H,13-16H2,1-3H3,(H,30,33,34);/q;+1/p-1/t22-,26?;/m1./s1. The number of carbonyl (C=O) groups excluding carboxylic acids is 2. The molecule has 1 aliphatic heterocycles. The van der Waals surface area contributed by atoms with Crippen LogP contribution in [0.25, 0.3) is 16.4 Å². The molecule has 0 aromatic heterocycles. The summed E-state index contributed by atoms with van der Waals surface area (Å²) in [5.74, 6) is 1.01. The molecule has 1 saturated heterocycles. The maximum atomic E-state index is 11.7. The first-order chi connectivity index (χ1) is 17.7. The summed E-state index contributed by atoms with van der Waals surface area (Å²) in [5, 5.41) is 21.2. The Morgan fingerprint density at radius 1 is 0.974 bits per heavy atom. The van der Waals surface area contributed by atoms with Gasteiger partial charge in [-0.1, -0.05) is 42.1 Å². The molecular formula is C29H30NNaO6S. The largest absolute Gasteiger partial charge is 1.00 e. The van der Waals surface area contributed by atoms with E-state index in [4.69, 9.17) is 14.6 Å². The van der Waals surface area contributed by atoms with Gasteiger partial charge < -0.3 is 34.6 Å². The van der Waals surface area contributed by atoms with Gasteiger partial charge in [0.25, 0.3) is 0 Å². The van der Waals surface area contributed by atoms with Crippen molar-refractivity contribution in [2.75, 3.05) is 13.2 Å². The molecule has 1 unspecified atom stereocenters.